The van der Waals surface area contributed by atoms with Crippen LogP contribution < -0.4 is 15.4 Å². The zero-order valence-corrected chi connectivity index (χ0v) is 15.5. The largest absolute Gasteiger partial charge is 0.496 e. The van der Waals surface area contributed by atoms with Gasteiger partial charge < -0.3 is 15.4 Å². The van der Waals surface area contributed by atoms with E-state index in [9.17, 15) is 18.0 Å². The van der Waals surface area contributed by atoms with Crippen molar-refractivity contribution in [2.45, 2.75) is 32.5 Å². The Morgan fingerprint density at radius 3 is 2.41 bits per heavy atom. The maximum Gasteiger partial charge on any atom is 0.416 e. The van der Waals surface area contributed by atoms with E-state index in [0.717, 1.165) is 28.8 Å². The summed E-state index contributed by atoms with van der Waals surface area (Å²) in [4.78, 5) is 12.1. The van der Waals surface area contributed by atoms with Crippen LogP contribution in [-0.4, -0.2) is 19.7 Å². The first-order valence-electron chi connectivity index (χ1n) is 8.55. The van der Waals surface area contributed by atoms with Crippen LogP contribution in [0.25, 0.3) is 0 Å². The first-order valence-corrected chi connectivity index (χ1v) is 8.55. The lowest BCUT2D eigenvalue weighted by molar-refractivity contribution is -0.137. The Morgan fingerprint density at radius 2 is 1.81 bits per heavy atom. The third-order valence-corrected chi connectivity index (χ3v) is 4.18. The molecule has 146 valence electrons. The molecule has 0 aliphatic heterocycles. The van der Waals surface area contributed by atoms with Gasteiger partial charge in [-0.3, -0.25) is 0 Å². The first-order chi connectivity index (χ1) is 12.7. The molecule has 2 aromatic rings. The van der Waals surface area contributed by atoms with E-state index in [0.29, 0.717) is 18.7 Å². The number of nitrogens with one attached hydrogen (secondary N) is 2. The molecule has 4 nitrogen and oxygen atoms in total. The van der Waals surface area contributed by atoms with Gasteiger partial charge in [0.2, 0.25) is 0 Å². The quantitative estimate of drug-likeness (QED) is 0.768. The topological polar surface area (TPSA) is 50.4 Å². The van der Waals surface area contributed by atoms with Crippen LogP contribution >= 0.6 is 0 Å². The van der Waals surface area contributed by atoms with Gasteiger partial charge in [0.25, 0.3) is 0 Å². The van der Waals surface area contributed by atoms with Gasteiger partial charge >= 0.3 is 12.2 Å². The molecule has 0 aliphatic carbocycles. The highest BCUT2D eigenvalue weighted by molar-refractivity contribution is 5.74. The minimum Gasteiger partial charge on any atom is -0.496 e. The van der Waals surface area contributed by atoms with Crippen molar-refractivity contribution in [3.8, 4) is 5.75 Å². The molecule has 1 atom stereocenters. The predicted molar refractivity (Wildman–Crippen MR) is 97.8 cm³/mol. The van der Waals surface area contributed by atoms with Crippen LogP contribution in [0.3, 0.4) is 0 Å². The van der Waals surface area contributed by atoms with Crippen LogP contribution in [-0.2, 0) is 12.6 Å². The summed E-state index contributed by atoms with van der Waals surface area (Å²) in [5.41, 5.74) is 1.96. The summed E-state index contributed by atoms with van der Waals surface area (Å²) in [5, 5.41) is 5.55. The van der Waals surface area contributed by atoms with Gasteiger partial charge in [-0.05, 0) is 44.0 Å². The third-order valence-electron chi connectivity index (χ3n) is 4.18. The van der Waals surface area contributed by atoms with Gasteiger partial charge in [-0.25, -0.2) is 4.79 Å². The minimum absolute atomic E-state index is 0.258. The Balaban J connectivity index is 1.85. The Hall–Kier alpha value is -2.70. The van der Waals surface area contributed by atoms with Crippen molar-refractivity contribution in [3.05, 3.63) is 64.7 Å². The van der Waals surface area contributed by atoms with Crippen LogP contribution in [0.15, 0.2) is 42.5 Å². The molecule has 0 radical (unpaired) electrons. The number of aryl methyl sites for hydroxylation is 1. The highest BCUT2D eigenvalue weighted by Gasteiger charge is 2.29. The molecule has 7 heteroatoms. The average Bonchev–Trinajstić information content (AvgIpc) is 2.61. The van der Waals surface area contributed by atoms with Crippen LogP contribution in [0.2, 0.25) is 0 Å². The number of carbonyl (C=O) groups excluding carboxylic acids is 1. The molecule has 27 heavy (non-hydrogen) atoms. The van der Waals surface area contributed by atoms with Crippen molar-refractivity contribution in [2.75, 3.05) is 13.7 Å². The van der Waals surface area contributed by atoms with Crippen LogP contribution in [0.4, 0.5) is 18.0 Å². The lowest BCUT2D eigenvalue weighted by atomic mass is 10.0. The van der Waals surface area contributed by atoms with Crippen molar-refractivity contribution in [2.24, 2.45) is 0 Å². The van der Waals surface area contributed by atoms with Gasteiger partial charge in [0.1, 0.15) is 5.75 Å². The highest BCUT2D eigenvalue weighted by Crippen LogP contribution is 2.29. The number of alkyl halides is 3. The second-order valence-electron chi connectivity index (χ2n) is 6.31. The maximum atomic E-state index is 12.5. The normalized spacial score (nSPS) is 12.4. The molecule has 0 heterocycles. The fraction of sp³-hybridized carbons (Fsp3) is 0.350. The highest BCUT2D eigenvalue weighted by atomic mass is 19.4. The lowest BCUT2D eigenvalue weighted by Crippen LogP contribution is -2.38. The summed E-state index contributed by atoms with van der Waals surface area (Å²) >= 11 is 0. The molecule has 0 fully saturated rings. The fourth-order valence-electron chi connectivity index (χ4n) is 2.70. The Morgan fingerprint density at radius 1 is 1.15 bits per heavy atom. The number of halogens is 3. The number of carbonyl (C=O) groups is 1. The van der Waals surface area contributed by atoms with Gasteiger partial charge in [0.05, 0.1) is 18.7 Å². The van der Waals surface area contributed by atoms with Gasteiger partial charge in [-0.15, -0.1) is 0 Å². The van der Waals surface area contributed by atoms with Crippen molar-refractivity contribution >= 4 is 6.03 Å². The number of hydrogen-bond acceptors (Lipinski definition) is 2. The summed E-state index contributed by atoms with van der Waals surface area (Å²) in [7, 11) is 1.57. The lowest BCUT2D eigenvalue weighted by Gasteiger charge is -2.18. The smallest absolute Gasteiger partial charge is 0.416 e. The van der Waals surface area contributed by atoms with Gasteiger partial charge in [0.15, 0.2) is 0 Å². The molecular formula is C20H23F3N2O2. The molecule has 0 aliphatic rings. The number of hydrogen-bond donors (Lipinski definition) is 2. The standard InChI is InChI=1S/C20H23F3N2O2/c1-13-4-9-18(27-3)17(12-13)14(2)25-19(26)24-11-10-15-5-7-16(8-6-15)20(21,22)23/h4-9,12,14H,10-11H2,1-3H3,(H2,24,25,26). The van der Waals surface area contributed by atoms with Gasteiger partial charge in [0, 0.05) is 12.1 Å². The molecule has 0 saturated heterocycles. The van der Waals surface area contributed by atoms with Crippen molar-refractivity contribution in [3.63, 3.8) is 0 Å². The second kappa shape index (κ2) is 8.79. The van der Waals surface area contributed by atoms with E-state index in [2.05, 4.69) is 10.6 Å². The Bertz CT molecular complexity index is 774. The van der Waals surface area contributed by atoms with E-state index in [-0.39, 0.29) is 12.1 Å². The van der Waals surface area contributed by atoms with Crippen molar-refractivity contribution < 1.29 is 22.7 Å². The Labute approximate surface area is 156 Å². The van der Waals surface area contributed by atoms with Crippen LogP contribution in [0.1, 0.15) is 35.2 Å². The van der Waals surface area contributed by atoms with Gasteiger partial charge in [-0.1, -0.05) is 29.8 Å². The molecule has 0 spiro atoms. The Kier molecular flexibility index (Phi) is 6.71. The van der Waals surface area contributed by atoms with Crippen LogP contribution in [0, 0.1) is 6.92 Å². The van der Waals surface area contributed by atoms with E-state index in [1.165, 1.54) is 12.1 Å². The molecule has 2 N–H and O–H groups in total. The molecule has 2 rings (SSSR count). The summed E-state index contributed by atoms with van der Waals surface area (Å²) in [6.45, 7) is 4.13. The molecule has 2 amide bonds. The zero-order valence-electron chi connectivity index (χ0n) is 15.5. The molecule has 1 unspecified atom stereocenters. The fourth-order valence-corrected chi connectivity index (χ4v) is 2.70. The SMILES string of the molecule is COc1ccc(C)cc1C(C)NC(=O)NCCc1ccc(C(F)(F)F)cc1. The summed E-state index contributed by atoms with van der Waals surface area (Å²) < 4.78 is 43.0. The molecule has 2 aromatic carbocycles. The average molecular weight is 380 g/mol. The number of benzene rings is 2. The summed E-state index contributed by atoms with van der Waals surface area (Å²) in [5.74, 6) is 0.693. The zero-order chi connectivity index (χ0) is 20.0. The predicted octanol–water partition coefficient (Wildman–Crippen LogP) is 4.63. The van der Waals surface area contributed by atoms with E-state index in [4.69, 9.17) is 4.74 Å². The number of amides is 2. The molecule has 0 saturated carbocycles. The third kappa shape index (κ3) is 5.91. The molecule has 0 bridgehead atoms. The van der Waals surface area contributed by atoms with E-state index >= 15 is 0 Å². The first kappa shape index (κ1) is 20.6. The van der Waals surface area contributed by atoms with Crippen LogP contribution in [0.5, 0.6) is 5.75 Å². The summed E-state index contributed by atoms with van der Waals surface area (Å²) in [6.07, 6.45) is -3.91. The van der Waals surface area contributed by atoms with Crippen molar-refractivity contribution in [1.82, 2.24) is 10.6 Å². The number of urea groups is 1. The minimum atomic E-state index is -4.34. The summed E-state index contributed by atoms with van der Waals surface area (Å²) in [6, 6.07) is 10.1. The molecule has 0 aromatic heterocycles. The number of ether oxygens (including phenoxy) is 1. The van der Waals surface area contributed by atoms with E-state index < -0.39 is 11.7 Å². The van der Waals surface area contributed by atoms with Crippen molar-refractivity contribution in [1.29, 1.82) is 0 Å². The second-order valence-corrected chi connectivity index (χ2v) is 6.31. The maximum absolute atomic E-state index is 12.5. The van der Waals surface area contributed by atoms with E-state index in [1.54, 1.807) is 7.11 Å². The molecular weight excluding hydrogens is 357 g/mol. The number of methoxy groups -OCH3 is 1. The monoisotopic (exact) mass is 380 g/mol. The number of rotatable bonds is 6. The van der Waals surface area contributed by atoms with Gasteiger partial charge in [-0.2, -0.15) is 13.2 Å². The van der Waals surface area contributed by atoms with E-state index in [1.807, 2.05) is 32.0 Å².